The molecule has 48 heavy (non-hydrogen) atoms. The van der Waals surface area contributed by atoms with Gasteiger partial charge in [-0.15, -0.1) is 0 Å². The van der Waals surface area contributed by atoms with Crippen LogP contribution in [0.1, 0.15) is 89.6 Å². The highest BCUT2D eigenvalue weighted by atomic mass is 16.5. The number of hydrogen-bond donors (Lipinski definition) is 2. The van der Waals surface area contributed by atoms with Crippen molar-refractivity contribution >= 4 is 40.3 Å². The van der Waals surface area contributed by atoms with Crippen LogP contribution in [0, 0.1) is 5.92 Å². The van der Waals surface area contributed by atoms with Gasteiger partial charge < -0.3 is 10.1 Å². The van der Waals surface area contributed by atoms with E-state index in [0.29, 0.717) is 17.9 Å². The van der Waals surface area contributed by atoms with Crippen LogP contribution in [0.4, 0.5) is 5.69 Å². The predicted molar refractivity (Wildman–Crippen MR) is 176 cm³/mol. The molecule has 0 spiro atoms. The van der Waals surface area contributed by atoms with Gasteiger partial charge in [0.15, 0.2) is 0 Å². The molecule has 2 saturated heterocycles. The molecule has 12 heteroatoms. The van der Waals surface area contributed by atoms with Crippen LogP contribution < -0.4 is 10.6 Å². The first-order chi connectivity index (χ1) is 23.4. The number of fused-ring (bicyclic) bond motifs is 2. The number of amides is 4. The van der Waals surface area contributed by atoms with E-state index in [-0.39, 0.29) is 29.9 Å². The van der Waals surface area contributed by atoms with Gasteiger partial charge >= 0.3 is 0 Å². The SMILES string of the molecule is O=C1CCC(N2C(=O)c3ccc(NCCCC4CC(n5cc(-c6cnc7cc(C8CCOCC8)ccc7n6)cn5)C4)cc3C2=O)C(=O)N1. The lowest BCUT2D eigenvalue weighted by Gasteiger charge is -2.35. The second-order valence-corrected chi connectivity index (χ2v) is 13.4. The van der Waals surface area contributed by atoms with Crippen LogP contribution in [0.3, 0.4) is 0 Å². The fraction of sp³-hybridized carbons (Fsp3) is 0.417. The Morgan fingerprint density at radius 2 is 1.75 bits per heavy atom. The first-order valence-electron chi connectivity index (χ1n) is 16.9. The maximum atomic E-state index is 13.1. The van der Waals surface area contributed by atoms with Crippen LogP contribution in [0.2, 0.25) is 0 Å². The molecule has 4 amide bonds. The van der Waals surface area contributed by atoms with Crippen molar-refractivity contribution in [3.8, 4) is 11.3 Å². The number of ether oxygens (including phenoxy) is 1. The number of nitrogens with zero attached hydrogens (tertiary/aromatic N) is 5. The second kappa shape index (κ2) is 12.6. The Labute approximate surface area is 277 Å². The number of nitrogens with one attached hydrogen (secondary N) is 2. The largest absolute Gasteiger partial charge is 0.385 e. The molecule has 5 heterocycles. The van der Waals surface area contributed by atoms with Crippen molar-refractivity contribution in [2.24, 2.45) is 5.92 Å². The van der Waals surface area contributed by atoms with E-state index in [4.69, 9.17) is 14.7 Å². The van der Waals surface area contributed by atoms with Crippen LogP contribution in [0.25, 0.3) is 22.3 Å². The molecule has 1 saturated carbocycles. The number of benzene rings is 2. The molecule has 4 aromatic rings. The Hall–Kier alpha value is -4.97. The van der Waals surface area contributed by atoms with Crippen LogP contribution in [0.5, 0.6) is 0 Å². The summed E-state index contributed by atoms with van der Waals surface area (Å²) in [6, 6.07) is 10.9. The van der Waals surface area contributed by atoms with Crippen molar-refractivity contribution in [3.05, 3.63) is 71.7 Å². The summed E-state index contributed by atoms with van der Waals surface area (Å²) in [7, 11) is 0. The Morgan fingerprint density at radius 3 is 2.58 bits per heavy atom. The van der Waals surface area contributed by atoms with Gasteiger partial charge in [0, 0.05) is 43.6 Å². The van der Waals surface area contributed by atoms with Gasteiger partial charge in [-0.2, -0.15) is 5.10 Å². The number of carbonyl (C=O) groups excluding carboxylic acids is 4. The zero-order valence-electron chi connectivity index (χ0n) is 26.6. The molecular weight excluding hydrogens is 610 g/mol. The van der Waals surface area contributed by atoms with E-state index in [1.54, 1.807) is 18.2 Å². The fourth-order valence-corrected chi connectivity index (χ4v) is 7.48. The predicted octanol–water partition coefficient (Wildman–Crippen LogP) is 4.63. The van der Waals surface area contributed by atoms with E-state index in [9.17, 15) is 19.2 Å². The lowest BCUT2D eigenvalue weighted by Crippen LogP contribution is -2.54. The Morgan fingerprint density at radius 1 is 0.917 bits per heavy atom. The van der Waals surface area contributed by atoms with E-state index < -0.39 is 23.8 Å². The molecule has 2 aromatic carbocycles. The number of carbonyl (C=O) groups is 4. The van der Waals surface area contributed by atoms with Crippen molar-refractivity contribution in [2.45, 2.75) is 69.4 Å². The summed E-state index contributed by atoms with van der Waals surface area (Å²) in [6.45, 7) is 2.37. The highest BCUT2D eigenvalue weighted by Crippen LogP contribution is 2.40. The molecule has 2 N–H and O–H groups in total. The molecule has 1 unspecified atom stereocenters. The molecule has 1 aliphatic carbocycles. The summed E-state index contributed by atoms with van der Waals surface area (Å²) in [5.74, 6) is -0.843. The van der Waals surface area contributed by atoms with Crippen molar-refractivity contribution in [1.82, 2.24) is 30.0 Å². The quantitative estimate of drug-likeness (QED) is 0.196. The van der Waals surface area contributed by atoms with Gasteiger partial charge in [0.1, 0.15) is 6.04 Å². The third kappa shape index (κ3) is 5.74. The molecule has 246 valence electrons. The normalized spacial score (nSPS) is 22.9. The van der Waals surface area contributed by atoms with Crippen molar-refractivity contribution in [1.29, 1.82) is 0 Å². The van der Waals surface area contributed by atoms with Crippen LogP contribution in [-0.4, -0.2) is 74.1 Å². The molecule has 3 aliphatic heterocycles. The third-order valence-electron chi connectivity index (χ3n) is 10.3. The van der Waals surface area contributed by atoms with Crippen molar-refractivity contribution < 1.29 is 23.9 Å². The minimum Gasteiger partial charge on any atom is -0.385 e. The van der Waals surface area contributed by atoms with Crippen LogP contribution in [0.15, 0.2) is 55.0 Å². The second-order valence-electron chi connectivity index (χ2n) is 13.4. The standard InChI is InChI=1S/C36H37N7O5/c44-33-8-7-32(34(45)41-33)43-35(46)27-5-4-25(17-28(27)36(43)47)37-11-1-2-21-14-26(15-21)42-20-24(18-39-42)31-19-38-30-16-23(3-6-29(30)40-31)22-9-12-48-13-10-22/h3-6,16-22,26,32,37H,1-2,7-15H2,(H,41,44,45). The maximum Gasteiger partial charge on any atom is 0.262 e. The fourth-order valence-electron chi connectivity index (χ4n) is 7.48. The van der Waals surface area contributed by atoms with E-state index in [0.717, 1.165) is 91.2 Å². The van der Waals surface area contributed by atoms with Gasteiger partial charge in [-0.3, -0.25) is 39.1 Å². The minimum atomic E-state index is -0.963. The van der Waals surface area contributed by atoms with Gasteiger partial charge in [0.2, 0.25) is 11.8 Å². The molecule has 1 atom stereocenters. The monoisotopic (exact) mass is 647 g/mol. The first kappa shape index (κ1) is 30.4. The van der Waals surface area contributed by atoms with Gasteiger partial charge in [0.05, 0.1) is 46.3 Å². The third-order valence-corrected chi connectivity index (χ3v) is 10.3. The molecular formula is C36H37N7O5. The van der Waals surface area contributed by atoms with Crippen molar-refractivity contribution in [2.75, 3.05) is 25.1 Å². The summed E-state index contributed by atoms with van der Waals surface area (Å²) in [4.78, 5) is 60.5. The molecule has 0 radical (unpaired) electrons. The summed E-state index contributed by atoms with van der Waals surface area (Å²) < 4.78 is 7.57. The summed E-state index contributed by atoms with van der Waals surface area (Å²) in [6.07, 6.45) is 12.3. The number of piperidine rings is 1. The smallest absolute Gasteiger partial charge is 0.262 e. The average Bonchev–Trinajstić information content (AvgIpc) is 3.66. The van der Waals surface area contributed by atoms with E-state index >= 15 is 0 Å². The van der Waals surface area contributed by atoms with Crippen molar-refractivity contribution in [3.63, 3.8) is 0 Å². The van der Waals surface area contributed by atoms with E-state index in [2.05, 4.69) is 44.8 Å². The number of aromatic nitrogens is 4. The summed E-state index contributed by atoms with van der Waals surface area (Å²) >= 11 is 0. The Bertz CT molecular complexity index is 1930. The molecule has 4 aliphatic rings. The van der Waals surface area contributed by atoms with Crippen LogP contribution >= 0.6 is 0 Å². The Kier molecular flexibility index (Phi) is 7.95. The van der Waals surface area contributed by atoms with Gasteiger partial charge in [-0.1, -0.05) is 6.07 Å². The lowest BCUT2D eigenvalue weighted by atomic mass is 9.77. The highest BCUT2D eigenvalue weighted by Gasteiger charge is 2.44. The minimum absolute atomic E-state index is 0.0974. The summed E-state index contributed by atoms with van der Waals surface area (Å²) in [5, 5.41) is 10.3. The Balaban J connectivity index is 0.809. The van der Waals surface area contributed by atoms with Gasteiger partial charge in [0.25, 0.3) is 11.8 Å². The number of imide groups is 2. The first-order valence-corrected chi connectivity index (χ1v) is 16.9. The number of rotatable bonds is 9. The van der Waals surface area contributed by atoms with Crippen LogP contribution in [-0.2, 0) is 14.3 Å². The zero-order valence-corrected chi connectivity index (χ0v) is 26.6. The average molecular weight is 648 g/mol. The molecule has 3 fully saturated rings. The summed E-state index contributed by atoms with van der Waals surface area (Å²) in [5.41, 5.74) is 6.25. The highest BCUT2D eigenvalue weighted by molar-refractivity contribution is 6.23. The molecule has 0 bridgehead atoms. The zero-order chi connectivity index (χ0) is 32.8. The molecule has 2 aromatic heterocycles. The molecule has 12 nitrogen and oxygen atoms in total. The number of hydrogen-bond acceptors (Lipinski definition) is 9. The molecule has 8 rings (SSSR count). The van der Waals surface area contributed by atoms with E-state index in [1.807, 2.05) is 12.4 Å². The van der Waals surface area contributed by atoms with Gasteiger partial charge in [-0.25, -0.2) is 4.98 Å². The number of anilines is 1. The van der Waals surface area contributed by atoms with E-state index in [1.165, 1.54) is 5.56 Å². The van der Waals surface area contributed by atoms with Gasteiger partial charge in [-0.05, 0) is 92.7 Å². The topological polar surface area (TPSA) is 148 Å². The maximum absolute atomic E-state index is 13.1. The lowest BCUT2D eigenvalue weighted by molar-refractivity contribution is -0.136.